The summed E-state index contributed by atoms with van der Waals surface area (Å²) in [7, 11) is 0. The lowest BCUT2D eigenvalue weighted by atomic mass is 9.94. The van der Waals surface area contributed by atoms with Crippen LogP contribution >= 0.6 is 0 Å². The first-order valence-electron chi connectivity index (χ1n) is 8.17. The van der Waals surface area contributed by atoms with E-state index in [2.05, 4.69) is 0 Å². The highest BCUT2D eigenvalue weighted by Gasteiger charge is 2.38. The first kappa shape index (κ1) is 14.1. The van der Waals surface area contributed by atoms with Gasteiger partial charge >= 0.3 is 0 Å². The highest BCUT2D eigenvalue weighted by molar-refractivity contribution is 6.07. The number of hydrogen-bond donors (Lipinski definition) is 0. The van der Waals surface area contributed by atoms with Crippen LogP contribution in [0.5, 0.6) is 0 Å². The van der Waals surface area contributed by atoms with Crippen LogP contribution < -0.4 is 4.90 Å². The number of carbonyl (C=O) groups excluding carboxylic acids is 1. The SMILES string of the molecule is O=C1C2=C(CCCC2)OC(c2ccccc2)N1c1ccccc1. The number of anilines is 1. The van der Waals surface area contributed by atoms with E-state index >= 15 is 0 Å². The van der Waals surface area contributed by atoms with Crippen molar-refractivity contribution < 1.29 is 9.53 Å². The molecule has 0 saturated heterocycles. The summed E-state index contributed by atoms with van der Waals surface area (Å²) in [6, 6.07) is 19.8. The van der Waals surface area contributed by atoms with Gasteiger partial charge in [-0.15, -0.1) is 0 Å². The molecule has 1 unspecified atom stereocenters. The molecule has 2 aliphatic rings. The lowest BCUT2D eigenvalue weighted by molar-refractivity contribution is -0.120. The minimum Gasteiger partial charge on any atom is -0.470 e. The van der Waals surface area contributed by atoms with Gasteiger partial charge in [0.2, 0.25) is 6.23 Å². The lowest BCUT2D eigenvalue weighted by Gasteiger charge is -2.39. The summed E-state index contributed by atoms with van der Waals surface area (Å²) in [5.41, 5.74) is 2.73. The monoisotopic (exact) mass is 305 g/mol. The van der Waals surface area contributed by atoms with Gasteiger partial charge in [0.1, 0.15) is 5.76 Å². The van der Waals surface area contributed by atoms with Gasteiger partial charge in [-0.1, -0.05) is 48.5 Å². The number of nitrogens with zero attached hydrogens (tertiary/aromatic N) is 1. The first-order valence-corrected chi connectivity index (χ1v) is 8.17. The van der Waals surface area contributed by atoms with Crippen LogP contribution in [0.1, 0.15) is 37.5 Å². The second kappa shape index (κ2) is 5.92. The Morgan fingerprint density at radius 1 is 0.870 bits per heavy atom. The van der Waals surface area contributed by atoms with Gasteiger partial charge in [-0.25, -0.2) is 0 Å². The number of allylic oxidation sites excluding steroid dienone is 1. The molecule has 3 heteroatoms. The van der Waals surface area contributed by atoms with Crippen molar-refractivity contribution in [1.29, 1.82) is 0 Å². The number of ether oxygens (including phenoxy) is 1. The Morgan fingerprint density at radius 2 is 1.52 bits per heavy atom. The van der Waals surface area contributed by atoms with Crippen LogP contribution in [0.3, 0.4) is 0 Å². The molecule has 23 heavy (non-hydrogen) atoms. The Bertz CT molecular complexity index is 737. The molecule has 0 fully saturated rings. The van der Waals surface area contributed by atoms with Crippen LogP contribution in [0.2, 0.25) is 0 Å². The van der Waals surface area contributed by atoms with Crippen LogP contribution in [0.4, 0.5) is 5.69 Å². The third kappa shape index (κ3) is 2.52. The Kier molecular flexibility index (Phi) is 3.62. The molecule has 2 aromatic rings. The minimum atomic E-state index is -0.386. The topological polar surface area (TPSA) is 29.5 Å². The second-order valence-corrected chi connectivity index (χ2v) is 6.00. The number of benzene rings is 2. The summed E-state index contributed by atoms with van der Waals surface area (Å²) in [5.74, 6) is 0.980. The molecule has 1 amide bonds. The fourth-order valence-corrected chi connectivity index (χ4v) is 3.35. The number of carbonyl (C=O) groups is 1. The van der Waals surface area contributed by atoms with Crippen molar-refractivity contribution in [3.05, 3.63) is 77.6 Å². The molecule has 0 spiro atoms. The van der Waals surface area contributed by atoms with Gasteiger partial charge in [0, 0.05) is 17.7 Å². The van der Waals surface area contributed by atoms with Gasteiger partial charge in [-0.05, 0) is 31.4 Å². The van der Waals surface area contributed by atoms with Crippen molar-refractivity contribution in [3.63, 3.8) is 0 Å². The standard InChI is InChI=1S/C20H19NO2/c22-19-17-13-7-8-14-18(17)23-20(15-9-3-1-4-10-15)21(19)16-11-5-2-6-12-16/h1-6,9-12,20H,7-8,13-14H2. The summed E-state index contributed by atoms with van der Waals surface area (Å²) in [5, 5.41) is 0. The summed E-state index contributed by atoms with van der Waals surface area (Å²) >= 11 is 0. The van der Waals surface area contributed by atoms with E-state index in [0.29, 0.717) is 0 Å². The van der Waals surface area contributed by atoms with E-state index in [1.165, 1.54) is 0 Å². The maximum absolute atomic E-state index is 13.1. The summed E-state index contributed by atoms with van der Waals surface area (Å²) in [6.45, 7) is 0. The van der Waals surface area contributed by atoms with E-state index < -0.39 is 0 Å². The van der Waals surface area contributed by atoms with E-state index in [1.807, 2.05) is 60.7 Å². The first-order chi connectivity index (χ1) is 11.3. The third-order valence-electron chi connectivity index (χ3n) is 4.50. The molecule has 0 bridgehead atoms. The van der Waals surface area contributed by atoms with Crippen LogP contribution in [-0.2, 0) is 9.53 Å². The van der Waals surface area contributed by atoms with Crippen molar-refractivity contribution in [2.75, 3.05) is 4.90 Å². The number of rotatable bonds is 2. The fraction of sp³-hybridized carbons (Fsp3) is 0.250. The van der Waals surface area contributed by atoms with Crippen LogP contribution in [0.25, 0.3) is 0 Å². The van der Waals surface area contributed by atoms with Gasteiger partial charge in [-0.3, -0.25) is 9.69 Å². The summed E-state index contributed by atoms with van der Waals surface area (Å²) < 4.78 is 6.30. The van der Waals surface area contributed by atoms with Crippen molar-refractivity contribution in [3.8, 4) is 0 Å². The normalized spacial score (nSPS) is 21.0. The largest absolute Gasteiger partial charge is 0.470 e. The zero-order chi connectivity index (χ0) is 15.6. The predicted octanol–water partition coefficient (Wildman–Crippen LogP) is 4.58. The third-order valence-corrected chi connectivity index (χ3v) is 4.50. The predicted molar refractivity (Wildman–Crippen MR) is 89.7 cm³/mol. The van der Waals surface area contributed by atoms with Gasteiger partial charge in [-0.2, -0.15) is 0 Å². The second-order valence-electron chi connectivity index (χ2n) is 6.00. The van der Waals surface area contributed by atoms with Gasteiger partial charge in [0.25, 0.3) is 5.91 Å². The molecular weight excluding hydrogens is 286 g/mol. The maximum atomic E-state index is 13.1. The van der Waals surface area contributed by atoms with E-state index in [4.69, 9.17) is 4.74 Å². The molecule has 0 radical (unpaired) electrons. The number of para-hydroxylation sites is 1. The fourth-order valence-electron chi connectivity index (χ4n) is 3.35. The van der Waals surface area contributed by atoms with Crippen molar-refractivity contribution in [2.45, 2.75) is 31.9 Å². The average molecular weight is 305 g/mol. The van der Waals surface area contributed by atoms with Crippen molar-refractivity contribution in [2.24, 2.45) is 0 Å². The molecule has 1 aliphatic carbocycles. The summed E-state index contributed by atoms with van der Waals surface area (Å²) in [4.78, 5) is 14.9. The van der Waals surface area contributed by atoms with E-state index in [9.17, 15) is 4.79 Å². The minimum absolute atomic E-state index is 0.0889. The zero-order valence-corrected chi connectivity index (χ0v) is 12.9. The Hall–Kier alpha value is -2.55. The van der Waals surface area contributed by atoms with Gasteiger partial charge in [0.15, 0.2) is 0 Å². The molecule has 4 rings (SSSR count). The highest BCUT2D eigenvalue weighted by Crippen LogP contribution is 2.40. The molecule has 2 aromatic carbocycles. The maximum Gasteiger partial charge on any atom is 0.260 e. The highest BCUT2D eigenvalue weighted by atomic mass is 16.5. The van der Waals surface area contributed by atoms with Crippen molar-refractivity contribution >= 4 is 11.6 Å². The smallest absolute Gasteiger partial charge is 0.260 e. The Balaban J connectivity index is 1.82. The van der Waals surface area contributed by atoms with Crippen LogP contribution in [-0.4, -0.2) is 5.91 Å². The molecule has 0 saturated carbocycles. The molecule has 0 aromatic heterocycles. The number of hydrogen-bond acceptors (Lipinski definition) is 2. The van der Waals surface area contributed by atoms with E-state index in [1.54, 1.807) is 4.90 Å². The lowest BCUT2D eigenvalue weighted by Crippen LogP contribution is -2.42. The van der Waals surface area contributed by atoms with Gasteiger partial charge < -0.3 is 4.74 Å². The molecule has 1 aliphatic heterocycles. The van der Waals surface area contributed by atoms with E-state index in [0.717, 1.165) is 48.3 Å². The molecule has 1 heterocycles. The molecule has 3 nitrogen and oxygen atoms in total. The quantitative estimate of drug-likeness (QED) is 0.813. The average Bonchev–Trinajstić information content (AvgIpc) is 2.63. The number of amides is 1. The van der Waals surface area contributed by atoms with E-state index in [-0.39, 0.29) is 12.1 Å². The van der Waals surface area contributed by atoms with Crippen LogP contribution in [0, 0.1) is 0 Å². The molecule has 0 N–H and O–H groups in total. The van der Waals surface area contributed by atoms with Crippen LogP contribution in [0.15, 0.2) is 72.0 Å². The van der Waals surface area contributed by atoms with Gasteiger partial charge in [0.05, 0.1) is 5.57 Å². The summed E-state index contributed by atoms with van der Waals surface area (Å²) in [6.07, 6.45) is 3.46. The molecule has 1 atom stereocenters. The Labute approximate surface area is 136 Å². The molecule has 116 valence electrons. The zero-order valence-electron chi connectivity index (χ0n) is 12.9. The Morgan fingerprint density at radius 3 is 2.26 bits per heavy atom. The molecular formula is C20H19NO2. The van der Waals surface area contributed by atoms with Crippen molar-refractivity contribution in [1.82, 2.24) is 0 Å².